The highest BCUT2D eigenvalue weighted by atomic mass is 32.2. The van der Waals surface area contributed by atoms with E-state index in [4.69, 9.17) is 0 Å². The smallest absolute Gasteiger partial charge is 0.264 e. The van der Waals surface area contributed by atoms with Gasteiger partial charge in [-0.15, -0.1) is 0 Å². The van der Waals surface area contributed by atoms with Gasteiger partial charge in [-0.3, -0.25) is 13.9 Å². The van der Waals surface area contributed by atoms with Crippen molar-refractivity contribution < 1.29 is 26.8 Å². The van der Waals surface area contributed by atoms with Gasteiger partial charge in [0.15, 0.2) is 0 Å². The molecule has 46 heavy (non-hydrogen) atoms. The molecule has 1 atom stereocenters. The molecular weight excluding hydrogens is 608 g/mol. The first-order valence-electron chi connectivity index (χ1n) is 15.3. The number of sulfonamides is 1. The zero-order valence-corrected chi connectivity index (χ0v) is 26.4. The van der Waals surface area contributed by atoms with Crippen molar-refractivity contribution in [3.63, 3.8) is 0 Å². The number of carbonyl (C=O) groups is 2. The van der Waals surface area contributed by atoms with Crippen LogP contribution in [0.25, 0.3) is 0 Å². The van der Waals surface area contributed by atoms with Crippen molar-refractivity contribution in [3.05, 3.63) is 131 Å². The van der Waals surface area contributed by atoms with Gasteiger partial charge < -0.3 is 10.2 Å². The second-order valence-electron chi connectivity index (χ2n) is 11.6. The predicted octanol–water partition coefficient (Wildman–Crippen LogP) is 6.17. The fourth-order valence-electron chi connectivity index (χ4n) is 5.71. The summed E-state index contributed by atoms with van der Waals surface area (Å²) < 4.78 is 57.8. The maximum absolute atomic E-state index is 15.1. The quantitative estimate of drug-likeness (QED) is 0.200. The van der Waals surface area contributed by atoms with Crippen LogP contribution in [0.3, 0.4) is 0 Å². The van der Waals surface area contributed by atoms with Gasteiger partial charge in [0.25, 0.3) is 10.0 Å². The van der Waals surface area contributed by atoms with Crippen LogP contribution in [0.1, 0.15) is 42.4 Å². The number of aryl methyl sites for hydroxylation is 1. The van der Waals surface area contributed by atoms with Crippen LogP contribution in [-0.2, 0) is 32.6 Å². The third kappa shape index (κ3) is 7.98. The lowest BCUT2D eigenvalue weighted by molar-refractivity contribution is -0.140. The second-order valence-corrected chi connectivity index (χ2v) is 13.5. The van der Waals surface area contributed by atoms with Gasteiger partial charge in [0.2, 0.25) is 11.8 Å². The second kappa shape index (κ2) is 14.7. The monoisotopic (exact) mass is 645 g/mol. The minimum atomic E-state index is -4.37. The van der Waals surface area contributed by atoms with Gasteiger partial charge in [-0.25, -0.2) is 17.2 Å². The number of anilines is 1. The molecule has 1 saturated carbocycles. The maximum atomic E-state index is 15.1. The zero-order valence-electron chi connectivity index (χ0n) is 25.6. The predicted molar refractivity (Wildman–Crippen MR) is 173 cm³/mol. The Balaban J connectivity index is 1.57. The highest BCUT2D eigenvalue weighted by molar-refractivity contribution is 7.92. The minimum Gasteiger partial charge on any atom is -0.352 e. The molecule has 0 saturated heterocycles. The molecule has 4 aromatic carbocycles. The van der Waals surface area contributed by atoms with E-state index in [0.717, 1.165) is 65.4 Å². The van der Waals surface area contributed by atoms with Crippen LogP contribution < -0.4 is 9.62 Å². The molecule has 4 aromatic rings. The van der Waals surface area contributed by atoms with Crippen molar-refractivity contribution in [1.82, 2.24) is 10.2 Å². The number of hydrogen-bond donors (Lipinski definition) is 1. The lowest BCUT2D eigenvalue weighted by Crippen LogP contribution is -2.54. The average molecular weight is 646 g/mol. The summed E-state index contributed by atoms with van der Waals surface area (Å²) in [6, 6.07) is 25.0. The van der Waals surface area contributed by atoms with E-state index in [-0.39, 0.29) is 41.1 Å². The van der Waals surface area contributed by atoms with Crippen LogP contribution >= 0.6 is 0 Å². The van der Waals surface area contributed by atoms with Gasteiger partial charge in [0.1, 0.15) is 24.2 Å². The average Bonchev–Trinajstić information content (AvgIpc) is 3.56. The van der Waals surface area contributed by atoms with Crippen molar-refractivity contribution in [2.75, 3.05) is 10.8 Å². The topological polar surface area (TPSA) is 86.8 Å². The van der Waals surface area contributed by atoms with Gasteiger partial charge in [-0.05, 0) is 67.8 Å². The summed E-state index contributed by atoms with van der Waals surface area (Å²) in [6.45, 7) is 0.902. The van der Waals surface area contributed by atoms with Crippen LogP contribution in [0.2, 0.25) is 0 Å². The Morgan fingerprint density at radius 3 is 2.13 bits per heavy atom. The summed E-state index contributed by atoms with van der Waals surface area (Å²) in [6.07, 6.45) is 3.75. The summed E-state index contributed by atoms with van der Waals surface area (Å²) in [7, 11) is -4.37. The molecule has 0 bridgehead atoms. The van der Waals surface area contributed by atoms with Crippen LogP contribution in [0, 0.1) is 18.6 Å². The van der Waals surface area contributed by atoms with E-state index in [9.17, 15) is 22.4 Å². The van der Waals surface area contributed by atoms with Gasteiger partial charge >= 0.3 is 0 Å². The molecule has 10 heteroatoms. The van der Waals surface area contributed by atoms with E-state index in [1.165, 1.54) is 23.1 Å². The molecule has 1 aliphatic rings. The number of halogens is 2. The Hall–Kier alpha value is -4.57. The molecule has 1 N–H and O–H groups in total. The van der Waals surface area contributed by atoms with Gasteiger partial charge in [0.05, 0.1) is 10.6 Å². The summed E-state index contributed by atoms with van der Waals surface area (Å²) in [5.41, 5.74) is 2.06. The molecule has 1 aliphatic carbocycles. The number of amides is 2. The minimum absolute atomic E-state index is 0.0425. The standard InChI is InChI=1S/C36H37F2N3O4S/c1-26-15-19-31(20-16-26)41(46(44,45)32-21-17-29(37)18-22-32)25-35(42)40(24-28-11-5-8-14-33(28)38)34(23-27-9-3-2-4-10-27)36(43)39-30-12-6-7-13-30/h2-5,8-11,14-22,30,34H,6-7,12-13,23-25H2,1H3,(H,39,43). The maximum Gasteiger partial charge on any atom is 0.264 e. The molecule has 5 rings (SSSR count). The van der Waals surface area contributed by atoms with Crippen LogP contribution in [0.15, 0.2) is 108 Å². The van der Waals surface area contributed by atoms with Crippen LogP contribution in [0.4, 0.5) is 14.5 Å². The van der Waals surface area contributed by atoms with E-state index in [1.54, 1.807) is 30.3 Å². The summed E-state index contributed by atoms with van der Waals surface area (Å²) in [4.78, 5) is 29.5. The lowest BCUT2D eigenvalue weighted by atomic mass is 10.0. The Labute approximate surface area is 268 Å². The van der Waals surface area contributed by atoms with Gasteiger partial charge in [-0.2, -0.15) is 0 Å². The fraction of sp³-hybridized carbons (Fsp3) is 0.278. The Morgan fingerprint density at radius 2 is 1.48 bits per heavy atom. The van der Waals surface area contributed by atoms with Crippen molar-refractivity contribution in [2.24, 2.45) is 0 Å². The third-order valence-corrected chi connectivity index (χ3v) is 10.1. The molecule has 7 nitrogen and oxygen atoms in total. The van der Waals surface area contributed by atoms with E-state index in [2.05, 4.69) is 5.32 Å². The normalized spacial score (nSPS) is 14.1. The third-order valence-electron chi connectivity index (χ3n) is 8.27. The number of carbonyl (C=O) groups excluding carboxylic acids is 2. The van der Waals surface area contributed by atoms with E-state index < -0.39 is 40.2 Å². The fourth-order valence-corrected chi connectivity index (χ4v) is 7.12. The Kier molecular flexibility index (Phi) is 10.5. The number of benzene rings is 4. The molecule has 0 heterocycles. The first-order valence-corrected chi connectivity index (χ1v) is 16.8. The zero-order chi connectivity index (χ0) is 32.7. The molecule has 0 radical (unpaired) electrons. The molecule has 0 aliphatic heterocycles. The van der Waals surface area contributed by atoms with Crippen molar-refractivity contribution in [1.29, 1.82) is 0 Å². The lowest BCUT2D eigenvalue weighted by Gasteiger charge is -2.34. The molecule has 2 amide bonds. The van der Waals surface area contributed by atoms with Crippen molar-refractivity contribution in [3.8, 4) is 0 Å². The van der Waals surface area contributed by atoms with Gasteiger partial charge in [0, 0.05) is 24.6 Å². The summed E-state index contributed by atoms with van der Waals surface area (Å²) in [5.74, 6) is -2.24. The SMILES string of the molecule is Cc1ccc(N(CC(=O)N(Cc2ccccc2F)C(Cc2ccccc2)C(=O)NC2CCCC2)S(=O)(=O)c2ccc(F)cc2)cc1. The first-order chi connectivity index (χ1) is 22.1. The number of nitrogens with zero attached hydrogens (tertiary/aromatic N) is 2. The van der Waals surface area contributed by atoms with E-state index >= 15 is 4.39 Å². The molecule has 0 spiro atoms. The van der Waals surface area contributed by atoms with E-state index in [1.807, 2.05) is 37.3 Å². The number of rotatable bonds is 12. The summed E-state index contributed by atoms with van der Waals surface area (Å²) >= 11 is 0. The van der Waals surface area contributed by atoms with E-state index in [0.29, 0.717) is 0 Å². The van der Waals surface area contributed by atoms with Crippen LogP contribution in [0.5, 0.6) is 0 Å². The highest BCUT2D eigenvalue weighted by Gasteiger charge is 2.36. The molecule has 1 fully saturated rings. The Bertz CT molecular complexity index is 1740. The van der Waals surface area contributed by atoms with Crippen molar-refractivity contribution in [2.45, 2.75) is 62.6 Å². The van der Waals surface area contributed by atoms with Crippen LogP contribution in [-0.4, -0.2) is 43.8 Å². The molecule has 1 unspecified atom stereocenters. The number of hydrogen-bond acceptors (Lipinski definition) is 4. The molecule has 0 aromatic heterocycles. The summed E-state index contributed by atoms with van der Waals surface area (Å²) in [5, 5.41) is 3.09. The number of nitrogens with one attached hydrogen (secondary N) is 1. The first kappa shape index (κ1) is 32.8. The highest BCUT2D eigenvalue weighted by Crippen LogP contribution is 2.26. The van der Waals surface area contributed by atoms with Gasteiger partial charge in [-0.1, -0.05) is 79.1 Å². The van der Waals surface area contributed by atoms with Crippen molar-refractivity contribution >= 4 is 27.5 Å². The Morgan fingerprint density at radius 1 is 0.848 bits per heavy atom. The largest absolute Gasteiger partial charge is 0.352 e. The molecular formula is C36H37F2N3O4S. The molecule has 240 valence electrons.